The molecule has 0 radical (unpaired) electrons. The Kier molecular flexibility index (Phi) is 6.31. The van der Waals surface area contributed by atoms with E-state index in [0.717, 1.165) is 5.56 Å². The van der Waals surface area contributed by atoms with Crippen LogP contribution < -0.4 is 19.7 Å². The van der Waals surface area contributed by atoms with E-state index in [0.29, 0.717) is 35.7 Å². The molecule has 0 aromatic heterocycles. The minimum atomic E-state index is -3.38. The number of sulfonamides is 1. The summed E-state index contributed by atoms with van der Waals surface area (Å²) in [5, 5.41) is 5.29. The molecule has 1 aliphatic rings. The molecular formula is C21H25N3O5S. The molecule has 1 aliphatic heterocycles. The highest BCUT2D eigenvalue weighted by Gasteiger charge is 2.32. The summed E-state index contributed by atoms with van der Waals surface area (Å²) in [5.41, 5.74) is 2.37. The fraction of sp³-hybridized carbons (Fsp3) is 0.333. The third-order valence-corrected chi connectivity index (χ3v) is 5.98. The minimum Gasteiger partial charge on any atom is -0.494 e. The molecular weight excluding hydrogens is 406 g/mol. The van der Waals surface area contributed by atoms with Crippen LogP contribution in [0.3, 0.4) is 0 Å². The van der Waals surface area contributed by atoms with Crippen LogP contribution in [0.4, 0.5) is 11.4 Å². The van der Waals surface area contributed by atoms with Gasteiger partial charge in [-0.05, 0) is 68.3 Å². The van der Waals surface area contributed by atoms with Crippen LogP contribution in [0.25, 0.3) is 0 Å². The lowest BCUT2D eigenvalue weighted by Gasteiger charge is -2.21. The number of nitrogens with zero attached hydrogens (tertiary/aromatic N) is 1. The van der Waals surface area contributed by atoms with Crippen molar-refractivity contribution < 1.29 is 22.7 Å². The first kappa shape index (κ1) is 21.6. The summed E-state index contributed by atoms with van der Waals surface area (Å²) in [6.07, 6.45) is 1.70. The van der Waals surface area contributed by atoms with Gasteiger partial charge < -0.3 is 15.4 Å². The zero-order valence-electron chi connectivity index (χ0n) is 17.1. The van der Waals surface area contributed by atoms with Crippen molar-refractivity contribution in [1.29, 1.82) is 0 Å². The molecule has 2 amide bonds. The minimum absolute atomic E-state index is 0.186. The molecule has 8 nitrogen and oxygen atoms in total. The van der Waals surface area contributed by atoms with E-state index < -0.39 is 15.9 Å². The largest absolute Gasteiger partial charge is 0.494 e. The number of hydrogen-bond donors (Lipinski definition) is 2. The normalized spacial score (nSPS) is 15.4. The number of ether oxygens (including phenoxy) is 1. The summed E-state index contributed by atoms with van der Waals surface area (Å²) in [7, 11) is -3.38. The van der Waals surface area contributed by atoms with Gasteiger partial charge in [-0.15, -0.1) is 0 Å². The van der Waals surface area contributed by atoms with E-state index in [-0.39, 0.29) is 18.5 Å². The average Bonchev–Trinajstić information content (AvgIpc) is 3.03. The number of carbonyl (C=O) groups is 2. The predicted molar refractivity (Wildman–Crippen MR) is 116 cm³/mol. The van der Waals surface area contributed by atoms with Crippen molar-refractivity contribution in [1.82, 2.24) is 5.32 Å². The molecule has 0 spiro atoms. The lowest BCUT2D eigenvalue weighted by molar-refractivity contribution is -0.115. The van der Waals surface area contributed by atoms with Gasteiger partial charge in [-0.3, -0.25) is 13.9 Å². The molecule has 9 heteroatoms. The summed E-state index contributed by atoms with van der Waals surface area (Å²) in [6, 6.07) is 11.6. The fourth-order valence-corrected chi connectivity index (χ4v) is 4.78. The number of benzene rings is 2. The molecule has 0 bridgehead atoms. The molecule has 30 heavy (non-hydrogen) atoms. The van der Waals surface area contributed by atoms with Crippen molar-refractivity contribution in [3.05, 3.63) is 53.6 Å². The van der Waals surface area contributed by atoms with E-state index in [2.05, 4.69) is 10.6 Å². The van der Waals surface area contributed by atoms with E-state index in [1.54, 1.807) is 42.5 Å². The molecule has 160 valence electrons. The topological polar surface area (TPSA) is 105 Å². The Bertz CT molecular complexity index is 1050. The second-order valence-corrected chi connectivity index (χ2v) is 9.00. The van der Waals surface area contributed by atoms with Gasteiger partial charge in [0.1, 0.15) is 5.75 Å². The molecule has 1 unspecified atom stereocenters. The highest BCUT2D eigenvalue weighted by atomic mass is 32.2. The van der Waals surface area contributed by atoms with Crippen LogP contribution in [-0.2, 0) is 21.2 Å². The highest BCUT2D eigenvalue weighted by Crippen LogP contribution is 2.34. The van der Waals surface area contributed by atoms with E-state index in [9.17, 15) is 18.0 Å². The van der Waals surface area contributed by atoms with Gasteiger partial charge in [0, 0.05) is 17.3 Å². The molecule has 0 aliphatic carbocycles. The Morgan fingerprint density at radius 1 is 1.17 bits per heavy atom. The van der Waals surface area contributed by atoms with Crippen molar-refractivity contribution in [2.45, 2.75) is 26.3 Å². The van der Waals surface area contributed by atoms with Crippen molar-refractivity contribution in [2.24, 2.45) is 0 Å². The number of hydrogen-bond acceptors (Lipinski definition) is 5. The maximum Gasteiger partial charge on any atom is 0.251 e. The summed E-state index contributed by atoms with van der Waals surface area (Å²) < 4.78 is 30.7. The van der Waals surface area contributed by atoms with E-state index in [1.165, 1.54) is 10.6 Å². The van der Waals surface area contributed by atoms with Crippen LogP contribution in [0.5, 0.6) is 5.75 Å². The monoisotopic (exact) mass is 431 g/mol. The standard InChI is InChI=1S/C21H25N3O5S/c1-4-29-18-8-6-17(7-9-18)23-20(25)13-22-21(26)15-5-10-19-16(12-15)11-14(2)24(19)30(3,27)28/h5-10,12,14H,4,11,13H2,1-3H3,(H,22,26)(H,23,25). The molecule has 1 atom stereocenters. The maximum absolute atomic E-state index is 12.4. The Labute approximate surface area is 176 Å². The van der Waals surface area contributed by atoms with E-state index in [4.69, 9.17) is 4.74 Å². The molecule has 1 heterocycles. The smallest absolute Gasteiger partial charge is 0.251 e. The number of carbonyl (C=O) groups excluding carboxylic acids is 2. The quantitative estimate of drug-likeness (QED) is 0.699. The predicted octanol–water partition coefficient (Wildman–Crippen LogP) is 2.16. The Morgan fingerprint density at radius 2 is 1.87 bits per heavy atom. The van der Waals surface area contributed by atoms with Crippen LogP contribution >= 0.6 is 0 Å². The van der Waals surface area contributed by atoms with Gasteiger partial charge in [0.25, 0.3) is 5.91 Å². The molecule has 0 fully saturated rings. The lowest BCUT2D eigenvalue weighted by Crippen LogP contribution is -2.34. The number of nitrogens with one attached hydrogen (secondary N) is 2. The fourth-order valence-electron chi connectivity index (χ4n) is 3.52. The second kappa shape index (κ2) is 8.74. The summed E-state index contributed by atoms with van der Waals surface area (Å²) >= 11 is 0. The summed E-state index contributed by atoms with van der Waals surface area (Å²) in [4.78, 5) is 24.6. The highest BCUT2D eigenvalue weighted by molar-refractivity contribution is 7.92. The van der Waals surface area contributed by atoms with E-state index in [1.807, 2.05) is 13.8 Å². The van der Waals surface area contributed by atoms with Gasteiger partial charge >= 0.3 is 0 Å². The third kappa shape index (κ3) is 4.91. The van der Waals surface area contributed by atoms with Gasteiger partial charge in [0.15, 0.2) is 0 Å². The van der Waals surface area contributed by atoms with E-state index >= 15 is 0 Å². The van der Waals surface area contributed by atoms with Crippen molar-refractivity contribution in [2.75, 3.05) is 29.0 Å². The number of amides is 2. The lowest BCUT2D eigenvalue weighted by atomic mass is 10.1. The molecule has 2 N–H and O–H groups in total. The van der Waals surface area contributed by atoms with Gasteiger partial charge in [-0.2, -0.15) is 0 Å². The zero-order chi connectivity index (χ0) is 21.9. The molecule has 3 rings (SSSR count). The maximum atomic E-state index is 12.4. The Balaban J connectivity index is 1.59. The van der Waals surface area contributed by atoms with Gasteiger partial charge in [-0.1, -0.05) is 0 Å². The number of fused-ring (bicyclic) bond motifs is 1. The van der Waals surface area contributed by atoms with Crippen molar-refractivity contribution >= 4 is 33.2 Å². The molecule has 0 saturated heterocycles. The Morgan fingerprint density at radius 3 is 2.50 bits per heavy atom. The summed E-state index contributed by atoms with van der Waals surface area (Å²) in [5.74, 6) is -0.0418. The van der Waals surface area contributed by atoms with Crippen LogP contribution in [0.2, 0.25) is 0 Å². The molecule has 0 saturated carbocycles. The van der Waals surface area contributed by atoms with Crippen LogP contribution in [0.1, 0.15) is 29.8 Å². The van der Waals surface area contributed by atoms with Crippen molar-refractivity contribution in [3.8, 4) is 5.75 Å². The summed E-state index contributed by atoms with van der Waals surface area (Å²) in [6.45, 7) is 4.09. The molecule has 2 aromatic carbocycles. The van der Waals surface area contributed by atoms with Gasteiger partial charge in [-0.25, -0.2) is 8.42 Å². The first-order chi connectivity index (χ1) is 14.2. The SMILES string of the molecule is CCOc1ccc(NC(=O)CNC(=O)c2ccc3c(c2)CC(C)N3S(C)(=O)=O)cc1. The Hall–Kier alpha value is -3.07. The average molecular weight is 432 g/mol. The first-order valence-electron chi connectivity index (χ1n) is 9.62. The van der Waals surface area contributed by atoms with Gasteiger partial charge in [0.2, 0.25) is 15.9 Å². The van der Waals surface area contributed by atoms with Crippen molar-refractivity contribution in [3.63, 3.8) is 0 Å². The zero-order valence-corrected chi connectivity index (χ0v) is 18.0. The van der Waals surface area contributed by atoms with Crippen LogP contribution in [-0.4, -0.2) is 45.7 Å². The second-order valence-electron chi connectivity index (χ2n) is 7.14. The number of rotatable bonds is 7. The van der Waals surface area contributed by atoms with Crippen LogP contribution in [0, 0.1) is 0 Å². The van der Waals surface area contributed by atoms with Crippen LogP contribution in [0.15, 0.2) is 42.5 Å². The third-order valence-electron chi connectivity index (χ3n) is 4.71. The number of anilines is 2. The first-order valence-corrected chi connectivity index (χ1v) is 11.5. The van der Waals surface area contributed by atoms with Gasteiger partial charge in [0.05, 0.1) is 25.1 Å². The molecule has 2 aromatic rings.